The quantitative estimate of drug-likeness (QED) is 0.267. The first-order valence-corrected chi connectivity index (χ1v) is 13.7. The van der Waals surface area contributed by atoms with Gasteiger partial charge < -0.3 is 19.7 Å². The third-order valence-electron chi connectivity index (χ3n) is 6.74. The van der Waals surface area contributed by atoms with Crippen LogP contribution in [0.3, 0.4) is 0 Å². The Kier molecular flexibility index (Phi) is 9.66. The van der Waals surface area contributed by atoms with Crippen molar-refractivity contribution in [2.45, 2.75) is 42.9 Å². The van der Waals surface area contributed by atoms with Crippen molar-refractivity contribution in [1.82, 2.24) is 20.2 Å². The van der Waals surface area contributed by atoms with Crippen molar-refractivity contribution in [1.29, 1.82) is 0 Å². The van der Waals surface area contributed by atoms with Crippen molar-refractivity contribution in [3.63, 3.8) is 0 Å². The fraction of sp³-hybridized carbons (Fsp3) is 0.393. The van der Waals surface area contributed by atoms with Crippen molar-refractivity contribution in [2.75, 3.05) is 33.6 Å². The average Bonchev–Trinajstić information content (AvgIpc) is 3.39. The monoisotopic (exact) mass is 540 g/mol. The summed E-state index contributed by atoms with van der Waals surface area (Å²) in [6, 6.07) is 14.2. The van der Waals surface area contributed by atoms with E-state index in [0.717, 1.165) is 48.4 Å². The first-order chi connectivity index (χ1) is 18.0. The van der Waals surface area contributed by atoms with E-state index < -0.39 is 0 Å². The van der Waals surface area contributed by atoms with E-state index in [4.69, 9.17) is 21.1 Å². The summed E-state index contributed by atoms with van der Waals surface area (Å²) in [7, 11) is 5.36. The van der Waals surface area contributed by atoms with Crippen molar-refractivity contribution in [3.8, 4) is 22.6 Å². The molecule has 2 unspecified atom stereocenters. The van der Waals surface area contributed by atoms with Crippen molar-refractivity contribution in [2.24, 2.45) is 0 Å². The highest BCUT2D eigenvalue weighted by atomic mass is 35.5. The van der Waals surface area contributed by atoms with E-state index >= 15 is 0 Å². The zero-order valence-corrected chi connectivity index (χ0v) is 23.0. The Hall–Kier alpha value is -2.81. The van der Waals surface area contributed by atoms with Crippen molar-refractivity contribution >= 4 is 29.3 Å². The second-order valence-electron chi connectivity index (χ2n) is 9.14. The van der Waals surface area contributed by atoms with E-state index in [0.29, 0.717) is 22.7 Å². The number of benzene rings is 2. The Morgan fingerprint density at radius 3 is 2.49 bits per heavy atom. The molecular formula is C28H33ClN4O3S. The Morgan fingerprint density at radius 2 is 1.78 bits per heavy atom. The van der Waals surface area contributed by atoms with Gasteiger partial charge in [-0.2, -0.15) is 0 Å². The van der Waals surface area contributed by atoms with Gasteiger partial charge in [0.05, 0.1) is 20.0 Å². The lowest BCUT2D eigenvalue weighted by molar-refractivity contribution is -0.119. The minimum Gasteiger partial charge on any atom is -0.493 e. The molecule has 0 spiro atoms. The maximum atomic E-state index is 12.7. The van der Waals surface area contributed by atoms with E-state index in [1.807, 2.05) is 30.3 Å². The number of halogens is 1. The van der Waals surface area contributed by atoms with Crippen LogP contribution in [0.5, 0.6) is 11.5 Å². The van der Waals surface area contributed by atoms with Gasteiger partial charge in [-0.15, -0.1) is 0 Å². The van der Waals surface area contributed by atoms with E-state index in [2.05, 4.69) is 39.4 Å². The average molecular weight is 541 g/mol. The van der Waals surface area contributed by atoms with Gasteiger partial charge in [-0.25, -0.2) is 9.97 Å². The molecule has 1 amide bonds. The second-order valence-corrected chi connectivity index (χ2v) is 10.5. The topological polar surface area (TPSA) is 76.6 Å². The van der Waals surface area contributed by atoms with Crippen LogP contribution in [0.4, 0.5) is 0 Å². The molecule has 9 heteroatoms. The Morgan fingerprint density at radius 1 is 1.05 bits per heavy atom. The molecule has 2 aromatic carbocycles. The number of carbonyl (C=O) groups excluding carboxylic acids is 1. The molecule has 3 aromatic rings. The predicted octanol–water partition coefficient (Wildman–Crippen LogP) is 5.12. The zero-order valence-electron chi connectivity index (χ0n) is 21.4. The van der Waals surface area contributed by atoms with E-state index in [-0.39, 0.29) is 17.7 Å². The summed E-state index contributed by atoms with van der Waals surface area (Å²) < 4.78 is 10.7. The van der Waals surface area contributed by atoms with Crippen molar-refractivity contribution < 1.29 is 14.3 Å². The summed E-state index contributed by atoms with van der Waals surface area (Å²) in [5, 5.41) is 4.58. The lowest BCUT2D eigenvalue weighted by atomic mass is 10.1. The number of aromatic nitrogens is 2. The third-order valence-corrected chi connectivity index (χ3v) is 7.86. The number of carbonyl (C=O) groups is 1. The minimum atomic E-state index is 0.0144. The maximum Gasteiger partial charge on any atom is 0.230 e. The molecule has 0 aliphatic heterocycles. The van der Waals surface area contributed by atoms with Crippen LogP contribution in [0.15, 0.2) is 60.0 Å². The molecule has 1 fully saturated rings. The predicted molar refractivity (Wildman–Crippen MR) is 149 cm³/mol. The lowest BCUT2D eigenvalue weighted by Crippen LogP contribution is -2.48. The second kappa shape index (κ2) is 13.1. The normalized spacial score (nSPS) is 17.1. The Labute approximate surface area is 227 Å². The van der Waals surface area contributed by atoms with Gasteiger partial charge in [-0.1, -0.05) is 41.6 Å². The lowest BCUT2D eigenvalue weighted by Gasteiger charge is -2.30. The molecule has 1 saturated carbocycles. The van der Waals surface area contributed by atoms with Gasteiger partial charge in [0.1, 0.15) is 0 Å². The molecule has 2 atom stereocenters. The summed E-state index contributed by atoms with van der Waals surface area (Å²) in [4.78, 5) is 24.0. The molecule has 0 radical (unpaired) electrons. The summed E-state index contributed by atoms with van der Waals surface area (Å²) in [5.74, 6) is 1.62. The number of nitrogens with zero attached hydrogens (tertiary/aromatic N) is 3. The van der Waals surface area contributed by atoms with Crippen LogP contribution < -0.4 is 14.8 Å². The number of nitrogens with one attached hydrogen (secondary N) is 1. The number of ether oxygens (including phenoxy) is 2. The molecule has 1 aromatic heterocycles. The van der Waals surface area contributed by atoms with Gasteiger partial charge >= 0.3 is 0 Å². The zero-order chi connectivity index (χ0) is 26.2. The number of methoxy groups -OCH3 is 2. The molecular weight excluding hydrogens is 508 g/mol. The Balaban J connectivity index is 1.26. The molecule has 1 N–H and O–H groups in total. The van der Waals surface area contributed by atoms with Gasteiger partial charge in [0.25, 0.3) is 0 Å². The first-order valence-electron chi connectivity index (χ1n) is 12.4. The van der Waals surface area contributed by atoms with Crippen molar-refractivity contribution in [3.05, 3.63) is 65.4 Å². The number of thioether (sulfide) groups is 1. The molecule has 4 rings (SSSR count). The highest BCUT2D eigenvalue weighted by molar-refractivity contribution is 7.99. The van der Waals surface area contributed by atoms with E-state index in [1.165, 1.54) is 17.3 Å². The van der Waals surface area contributed by atoms with E-state index in [9.17, 15) is 4.79 Å². The fourth-order valence-corrected chi connectivity index (χ4v) is 5.42. The molecule has 0 saturated heterocycles. The Bertz CT molecular complexity index is 1180. The summed E-state index contributed by atoms with van der Waals surface area (Å²) in [6.45, 7) is 0.938. The fourth-order valence-electron chi connectivity index (χ4n) is 4.69. The maximum absolute atomic E-state index is 12.7. The van der Waals surface area contributed by atoms with Crippen LogP contribution in [0, 0.1) is 0 Å². The standard InChI is InChI=1S/C28H33ClN4O3S/c1-33(14-13-19-7-10-22(29)11-8-19)24-6-4-5-23(24)32-27(34)18-37-28-30-16-21(17-31-28)20-9-12-25(35-2)26(15-20)36-3/h7-12,15-17,23-24H,4-6,13-14,18H2,1-3H3,(H,32,34). The first kappa shape index (κ1) is 27.2. The largest absolute Gasteiger partial charge is 0.493 e. The van der Waals surface area contributed by atoms with Crippen LogP contribution in [-0.4, -0.2) is 66.4 Å². The molecule has 1 heterocycles. The van der Waals surface area contributed by atoms with Gasteiger partial charge in [0, 0.05) is 41.6 Å². The minimum absolute atomic E-state index is 0.0144. The van der Waals surface area contributed by atoms with Crippen LogP contribution >= 0.6 is 23.4 Å². The van der Waals surface area contributed by atoms with Gasteiger partial charge in [-0.05, 0) is 68.1 Å². The highest BCUT2D eigenvalue weighted by Crippen LogP contribution is 2.32. The summed E-state index contributed by atoms with van der Waals surface area (Å²) in [5.41, 5.74) is 3.06. The molecule has 37 heavy (non-hydrogen) atoms. The van der Waals surface area contributed by atoms with Crippen LogP contribution in [0.2, 0.25) is 5.02 Å². The SMILES string of the molecule is COc1ccc(-c2cnc(SCC(=O)NC3CCCC3N(C)CCc3ccc(Cl)cc3)nc2)cc1OC. The van der Waals surface area contributed by atoms with Gasteiger partial charge in [-0.3, -0.25) is 4.79 Å². The van der Waals surface area contributed by atoms with Crippen LogP contribution in [-0.2, 0) is 11.2 Å². The molecule has 1 aliphatic carbocycles. The summed E-state index contributed by atoms with van der Waals surface area (Å²) in [6.07, 6.45) is 7.69. The molecule has 0 bridgehead atoms. The highest BCUT2D eigenvalue weighted by Gasteiger charge is 2.31. The van der Waals surface area contributed by atoms with E-state index in [1.54, 1.807) is 26.6 Å². The number of likely N-dealkylation sites (N-methyl/N-ethyl adjacent to an activating group) is 1. The smallest absolute Gasteiger partial charge is 0.230 e. The number of rotatable bonds is 11. The number of amides is 1. The van der Waals surface area contributed by atoms with Gasteiger partial charge in [0.2, 0.25) is 5.91 Å². The molecule has 1 aliphatic rings. The van der Waals surface area contributed by atoms with Gasteiger partial charge in [0.15, 0.2) is 16.7 Å². The molecule has 196 valence electrons. The number of hydrogen-bond donors (Lipinski definition) is 1. The molecule has 7 nitrogen and oxygen atoms in total. The number of hydrogen-bond acceptors (Lipinski definition) is 7. The van der Waals surface area contributed by atoms with Crippen LogP contribution in [0.1, 0.15) is 24.8 Å². The third kappa shape index (κ3) is 7.37. The van der Waals surface area contributed by atoms with Crippen LogP contribution in [0.25, 0.3) is 11.1 Å². The summed E-state index contributed by atoms with van der Waals surface area (Å²) >= 11 is 7.34.